The van der Waals surface area contributed by atoms with Crippen LogP contribution in [0, 0.1) is 6.92 Å². The Kier molecular flexibility index (Phi) is 1.76. The Hall–Kier alpha value is 0.01000. The van der Waals surface area contributed by atoms with Gasteiger partial charge >= 0.3 is 6.18 Å². The van der Waals surface area contributed by atoms with Crippen LogP contribution in [0.25, 0.3) is 0 Å². The van der Waals surface area contributed by atoms with Gasteiger partial charge in [0.25, 0.3) is 5.13 Å². The Morgan fingerprint density at radius 1 is 1.12 bits per heavy atom. The molecule has 0 spiro atoms. The van der Waals surface area contributed by atoms with Crippen molar-refractivity contribution in [1.29, 1.82) is 0 Å². The monoisotopic (exact) mass is 149 g/mol. The molecule has 0 aliphatic heterocycles. The summed E-state index contributed by atoms with van der Waals surface area (Å²) in [7, 11) is 0. The zero-order valence-corrected chi connectivity index (χ0v) is 4.35. The second-order valence-electron chi connectivity index (χ2n) is 1.20. The van der Waals surface area contributed by atoms with Gasteiger partial charge in [0.1, 0.15) is 0 Å². The van der Waals surface area contributed by atoms with Crippen LogP contribution in [-0.4, -0.2) is 11.3 Å². The minimum Gasteiger partial charge on any atom is -0.216 e. The molecule has 0 aromatic heterocycles. The Balaban J connectivity index is 4.02. The quantitative estimate of drug-likeness (QED) is 0.366. The fraction of sp³-hybridized carbons (Fsp3) is 0.667. The highest BCUT2D eigenvalue weighted by atomic mass is 35.5. The van der Waals surface area contributed by atoms with E-state index in [2.05, 4.69) is 11.6 Å². The van der Waals surface area contributed by atoms with Crippen molar-refractivity contribution in [3.63, 3.8) is 0 Å². The molecule has 0 nitrogen and oxygen atoms in total. The van der Waals surface area contributed by atoms with Gasteiger partial charge in [0.2, 0.25) is 0 Å². The van der Waals surface area contributed by atoms with Crippen molar-refractivity contribution in [1.82, 2.24) is 0 Å². The first-order chi connectivity index (χ1) is 3.25. The van der Waals surface area contributed by atoms with Gasteiger partial charge in [0, 0.05) is 6.92 Å². The molecule has 1 atom stereocenters. The van der Waals surface area contributed by atoms with Crippen molar-refractivity contribution < 1.29 is 17.6 Å². The van der Waals surface area contributed by atoms with Crippen LogP contribution in [0.2, 0.25) is 0 Å². The Bertz CT molecular complexity index is 66.3. The van der Waals surface area contributed by atoms with Crippen LogP contribution in [0.5, 0.6) is 0 Å². The summed E-state index contributed by atoms with van der Waals surface area (Å²) in [6.45, 7) is 2.02. The summed E-state index contributed by atoms with van der Waals surface area (Å²) in [5, 5.41) is -3.84. The van der Waals surface area contributed by atoms with Crippen molar-refractivity contribution in [2.75, 3.05) is 0 Å². The molecular weight excluding hydrogens is 147 g/mol. The van der Waals surface area contributed by atoms with E-state index in [0.717, 1.165) is 0 Å². The van der Waals surface area contributed by atoms with Gasteiger partial charge in [-0.05, 0) is 0 Å². The molecule has 1 unspecified atom stereocenters. The molecule has 0 aromatic carbocycles. The summed E-state index contributed by atoms with van der Waals surface area (Å²) in [6, 6.07) is 0. The first kappa shape index (κ1) is 8.01. The molecule has 49 valence electrons. The molecular formula is C3H2ClF4. The van der Waals surface area contributed by atoms with E-state index in [0.29, 0.717) is 0 Å². The third-order valence-corrected chi connectivity index (χ3v) is 0.629. The van der Waals surface area contributed by atoms with Crippen molar-refractivity contribution in [3.8, 4) is 0 Å². The van der Waals surface area contributed by atoms with Crippen molar-refractivity contribution in [2.45, 2.75) is 11.3 Å². The normalized spacial score (nSPS) is 20.2. The molecule has 0 saturated carbocycles. The van der Waals surface area contributed by atoms with Gasteiger partial charge in [-0.2, -0.15) is 13.2 Å². The molecule has 0 aliphatic rings. The Morgan fingerprint density at radius 2 is 1.25 bits per heavy atom. The Morgan fingerprint density at radius 3 is 1.25 bits per heavy atom. The smallest absolute Gasteiger partial charge is 0.216 e. The predicted octanol–water partition coefficient (Wildman–Crippen LogP) is 2.29. The lowest BCUT2D eigenvalue weighted by molar-refractivity contribution is -0.183. The van der Waals surface area contributed by atoms with Crippen LogP contribution >= 0.6 is 11.6 Å². The molecule has 0 amide bonds. The highest BCUT2D eigenvalue weighted by Gasteiger charge is 2.50. The Labute approximate surface area is 48.4 Å². The first-order valence-electron chi connectivity index (χ1n) is 1.55. The fourth-order valence-electron chi connectivity index (χ4n) is 0. The number of rotatable bonds is 0. The molecule has 0 heterocycles. The lowest BCUT2D eigenvalue weighted by Gasteiger charge is -2.14. The van der Waals surface area contributed by atoms with Crippen LogP contribution in [0.3, 0.4) is 0 Å². The molecule has 0 aromatic rings. The number of hydrogen-bond donors (Lipinski definition) is 0. The third-order valence-electron chi connectivity index (χ3n) is 0.415. The second-order valence-corrected chi connectivity index (χ2v) is 1.80. The van der Waals surface area contributed by atoms with Crippen molar-refractivity contribution >= 4 is 11.6 Å². The molecule has 5 heteroatoms. The molecule has 0 saturated heterocycles. The lowest BCUT2D eigenvalue weighted by atomic mass is 10.4. The molecule has 8 heavy (non-hydrogen) atoms. The van der Waals surface area contributed by atoms with E-state index >= 15 is 0 Å². The van der Waals surface area contributed by atoms with E-state index in [4.69, 9.17) is 0 Å². The van der Waals surface area contributed by atoms with E-state index in [1.165, 1.54) is 0 Å². The molecule has 1 radical (unpaired) electrons. The van der Waals surface area contributed by atoms with Crippen molar-refractivity contribution in [3.05, 3.63) is 6.92 Å². The SMILES string of the molecule is [CH2]C(F)(Cl)C(F)(F)F. The van der Waals surface area contributed by atoms with Gasteiger partial charge in [0.15, 0.2) is 0 Å². The zero-order valence-electron chi connectivity index (χ0n) is 3.60. The van der Waals surface area contributed by atoms with Crippen LogP contribution in [0.4, 0.5) is 17.6 Å². The minimum absolute atomic E-state index is 2.02. The van der Waals surface area contributed by atoms with Gasteiger partial charge in [-0.1, -0.05) is 11.6 Å². The van der Waals surface area contributed by atoms with E-state index in [1.807, 2.05) is 6.92 Å². The first-order valence-corrected chi connectivity index (χ1v) is 1.93. The van der Waals surface area contributed by atoms with Gasteiger partial charge in [-0.15, -0.1) is 0 Å². The van der Waals surface area contributed by atoms with Crippen LogP contribution < -0.4 is 0 Å². The summed E-state index contributed by atoms with van der Waals surface area (Å²) in [5.41, 5.74) is 0. The van der Waals surface area contributed by atoms with Crippen molar-refractivity contribution in [2.24, 2.45) is 0 Å². The largest absolute Gasteiger partial charge is 0.436 e. The number of alkyl halides is 5. The van der Waals surface area contributed by atoms with Gasteiger partial charge in [-0.3, -0.25) is 0 Å². The summed E-state index contributed by atoms with van der Waals surface area (Å²) in [5.74, 6) is 0. The topological polar surface area (TPSA) is 0 Å². The molecule has 0 fully saturated rings. The molecule has 0 rings (SSSR count). The van der Waals surface area contributed by atoms with Crippen LogP contribution in [0.15, 0.2) is 0 Å². The number of hydrogen-bond acceptors (Lipinski definition) is 0. The average molecular weight is 149 g/mol. The average Bonchev–Trinajstić information content (AvgIpc) is 1.25. The fourth-order valence-corrected chi connectivity index (χ4v) is 0. The maximum Gasteiger partial charge on any atom is 0.436 e. The maximum absolute atomic E-state index is 11.4. The van der Waals surface area contributed by atoms with Gasteiger partial charge in [-0.25, -0.2) is 4.39 Å². The van der Waals surface area contributed by atoms with Gasteiger partial charge < -0.3 is 0 Å². The minimum atomic E-state index is -5.07. The predicted molar refractivity (Wildman–Crippen MR) is 21.1 cm³/mol. The summed E-state index contributed by atoms with van der Waals surface area (Å²) in [4.78, 5) is 0. The molecule has 0 N–H and O–H groups in total. The molecule has 0 bridgehead atoms. The van der Waals surface area contributed by atoms with Crippen LogP contribution in [0.1, 0.15) is 0 Å². The van der Waals surface area contributed by atoms with E-state index < -0.39 is 11.3 Å². The van der Waals surface area contributed by atoms with Crippen LogP contribution in [-0.2, 0) is 0 Å². The summed E-state index contributed by atoms with van der Waals surface area (Å²) in [6.07, 6.45) is -5.07. The van der Waals surface area contributed by atoms with Gasteiger partial charge in [0.05, 0.1) is 0 Å². The molecule has 0 aliphatic carbocycles. The summed E-state index contributed by atoms with van der Waals surface area (Å²) >= 11 is 4.11. The van der Waals surface area contributed by atoms with E-state index in [1.54, 1.807) is 0 Å². The standard InChI is InChI=1S/C3H2ClF4/c1-2(4,5)3(6,7)8/h1H2. The highest BCUT2D eigenvalue weighted by molar-refractivity contribution is 6.23. The van der Waals surface area contributed by atoms with E-state index in [-0.39, 0.29) is 0 Å². The van der Waals surface area contributed by atoms with E-state index in [9.17, 15) is 17.6 Å². The third kappa shape index (κ3) is 1.86. The maximum atomic E-state index is 11.4. The summed E-state index contributed by atoms with van der Waals surface area (Å²) < 4.78 is 44.4. The highest BCUT2D eigenvalue weighted by Crippen LogP contribution is 2.36. The second kappa shape index (κ2) is 1.76. The lowest BCUT2D eigenvalue weighted by Crippen LogP contribution is -2.31. The number of halogens is 5. The zero-order chi connectivity index (χ0) is 7.00.